The fourth-order valence-electron chi connectivity index (χ4n) is 2.87. The molecule has 6 heteroatoms. The minimum atomic E-state index is -0.201. The number of likely N-dealkylation sites (N-methyl/N-ethyl adjacent to an activating group) is 1. The van der Waals surface area contributed by atoms with Crippen molar-refractivity contribution in [3.05, 3.63) is 59.4 Å². The molecule has 25 heavy (non-hydrogen) atoms. The van der Waals surface area contributed by atoms with Crippen LogP contribution in [0.25, 0.3) is 0 Å². The van der Waals surface area contributed by atoms with Gasteiger partial charge in [-0.1, -0.05) is 6.58 Å². The molecule has 1 aromatic heterocycles. The van der Waals surface area contributed by atoms with Crippen molar-refractivity contribution in [3.8, 4) is 0 Å². The number of nitrogens with zero attached hydrogens (tertiary/aromatic N) is 3. The first-order chi connectivity index (χ1) is 11.8. The van der Waals surface area contributed by atoms with Gasteiger partial charge in [0.15, 0.2) is 0 Å². The number of carbonyl (C=O) groups excluding carboxylic acids is 2. The van der Waals surface area contributed by atoms with Gasteiger partial charge < -0.3 is 10.2 Å². The number of hydrogen-bond donors (Lipinski definition) is 1. The molecule has 0 saturated carbocycles. The monoisotopic (exact) mass is 340 g/mol. The van der Waals surface area contributed by atoms with Crippen LogP contribution >= 0.6 is 0 Å². The zero-order valence-electron chi connectivity index (χ0n) is 15.3. The molecule has 0 aliphatic heterocycles. The number of benzene rings is 1. The van der Waals surface area contributed by atoms with Crippen LogP contribution in [0.1, 0.15) is 40.3 Å². The van der Waals surface area contributed by atoms with E-state index in [9.17, 15) is 9.59 Å². The molecule has 0 radical (unpaired) electrons. The Balaban J connectivity index is 2.13. The second kappa shape index (κ2) is 7.34. The van der Waals surface area contributed by atoms with Crippen molar-refractivity contribution >= 4 is 17.5 Å². The summed E-state index contributed by atoms with van der Waals surface area (Å²) in [5, 5.41) is 7.39. The zero-order valence-corrected chi connectivity index (χ0v) is 15.3. The van der Waals surface area contributed by atoms with E-state index >= 15 is 0 Å². The second-order valence-corrected chi connectivity index (χ2v) is 6.05. The lowest BCUT2D eigenvalue weighted by Crippen LogP contribution is -2.27. The second-order valence-electron chi connectivity index (χ2n) is 6.05. The maximum absolute atomic E-state index is 12.5. The van der Waals surface area contributed by atoms with Crippen LogP contribution in [0.15, 0.2) is 36.9 Å². The molecule has 0 aliphatic rings. The first-order valence-electron chi connectivity index (χ1n) is 8.07. The Bertz CT molecular complexity index is 806. The molecule has 6 nitrogen and oxygen atoms in total. The maximum Gasteiger partial charge on any atom is 0.251 e. The number of aryl methyl sites for hydroxylation is 2. The first-order valence-corrected chi connectivity index (χ1v) is 8.07. The summed E-state index contributed by atoms with van der Waals surface area (Å²) in [4.78, 5) is 25.6. The van der Waals surface area contributed by atoms with Crippen LogP contribution in [0.3, 0.4) is 0 Å². The van der Waals surface area contributed by atoms with Gasteiger partial charge in [0, 0.05) is 36.6 Å². The summed E-state index contributed by atoms with van der Waals surface area (Å²) >= 11 is 0. The molecule has 2 aromatic rings. The van der Waals surface area contributed by atoms with Gasteiger partial charge in [0.2, 0.25) is 5.91 Å². The molecule has 1 atom stereocenters. The molecule has 2 amide bonds. The number of hydrogen-bond acceptors (Lipinski definition) is 3. The lowest BCUT2D eigenvalue weighted by molar-refractivity contribution is -0.113. The number of nitrogens with one attached hydrogen (secondary N) is 1. The van der Waals surface area contributed by atoms with Gasteiger partial charge >= 0.3 is 0 Å². The molecule has 0 spiro atoms. The van der Waals surface area contributed by atoms with Crippen molar-refractivity contribution in [2.75, 3.05) is 11.9 Å². The lowest BCUT2D eigenvalue weighted by Gasteiger charge is -2.17. The van der Waals surface area contributed by atoms with Crippen LogP contribution < -0.4 is 10.2 Å². The Kier molecular flexibility index (Phi) is 5.41. The van der Waals surface area contributed by atoms with E-state index in [2.05, 4.69) is 17.0 Å². The van der Waals surface area contributed by atoms with E-state index in [0.717, 1.165) is 17.0 Å². The zero-order chi connectivity index (χ0) is 18.7. The highest BCUT2D eigenvalue weighted by Gasteiger charge is 2.19. The highest BCUT2D eigenvalue weighted by molar-refractivity contribution is 6.01. The van der Waals surface area contributed by atoms with Crippen LogP contribution in [-0.2, 0) is 11.8 Å². The van der Waals surface area contributed by atoms with Crippen molar-refractivity contribution in [3.63, 3.8) is 0 Å². The smallest absolute Gasteiger partial charge is 0.251 e. The molecule has 2 rings (SSSR count). The van der Waals surface area contributed by atoms with Gasteiger partial charge in [-0.25, -0.2) is 0 Å². The topological polar surface area (TPSA) is 67.2 Å². The van der Waals surface area contributed by atoms with Crippen LogP contribution in [0.5, 0.6) is 0 Å². The fraction of sp³-hybridized carbons (Fsp3) is 0.316. The minimum absolute atomic E-state index is 0.147. The Morgan fingerprint density at radius 1 is 1.28 bits per heavy atom. The average molecular weight is 340 g/mol. The summed E-state index contributed by atoms with van der Waals surface area (Å²) in [7, 11) is 3.55. The van der Waals surface area contributed by atoms with Gasteiger partial charge in [-0.2, -0.15) is 5.10 Å². The summed E-state index contributed by atoms with van der Waals surface area (Å²) < 4.78 is 1.81. The summed E-state index contributed by atoms with van der Waals surface area (Å²) in [5.41, 5.74) is 4.21. The van der Waals surface area contributed by atoms with Crippen LogP contribution in [0.2, 0.25) is 0 Å². The normalized spacial score (nSPS) is 11.7. The standard InChI is InChI=1S/C19H24N4O2/c1-7-17(24)22(5)16-10-8-15(9-11-16)19(25)20-12(2)18-13(3)21-23(6)14(18)4/h7-12H,1H2,2-6H3,(H,20,25). The SMILES string of the molecule is C=CC(=O)N(C)c1ccc(C(=O)NC(C)c2c(C)nn(C)c2C)cc1. The Labute approximate surface area is 148 Å². The van der Waals surface area contributed by atoms with E-state index in [4.69, 9.17) is 0 Å². The van der Waals surface area contributed by atoms with E-state index in [1.54, 1.807) is 31.3 Å². The van der Waals surface area contributed by atoms with Crippen LogP contribution in [0.4, 0.5) is 5.69 Å². The molecule has 1 aromatic carbocycles. The molecule has 132 valence electrons. The van der Waals surface area contributed by atoms with Gasteiger partial charge in [0.25, 0.3) is 5.91 Å². The molecule has 1 N–H and O–H groups in total. The van der Waals surface area contributed by atoms with Crippen LogP contribution in [-0.4, -0.2) is 28.6 Å². The van der Waals surface area contributed by atoms with E-state index in [1.807, 2.05) is 32.5 Å². The number of aromatic nitrogens is 2. The Morgan fingerprint density at radius 3 is 2.36 bits per heavy atom. The predicted molar refractivity (Wildman–Crippen MR) is 98.6 cm³/mol. The Morgan fingerprint density at radius 2 is 1.88 bits per heavy atom. The molecule has 1 unspecified atom stereocenters. The largest absolute Gasteiger partial charge is 0.345 e. The van der Waals surface area contributed by atoms with E-state index in [-0.39, 0.29) is 17.9 Å². The van der Waals surface area contributed by atoms with E-state index in [0.29, 0.717) is 11.3 Å². The van der Waals surface area contributed by atoms with Crippen molar-refractivity contribution < 1.29 is 9.59 Å². The summed E-state index contributed by atoms with van der Waals surface area (Å²) in [6.07, 6.45) is 1.25. The molecular weight excluding hydrogens is 316 g/mol. The van der Waals surface area contributed by atoms with Crippen molar-refractivity contribution in [2.45, 2.75) is 26.8 Å². The van der Waals surface area contributed by atoms with Gasteiger partial charge in [0.1, 0.15) is 0 Å². The Hall–Kier alpha value is -2.89. The summed E-state index contributed by atoms with van der Waals surface area (Å²) in [6.45, 7) is 9.33. The third-order valence-electron chi connectivity index (χ3n) is 4.37. The van der Waals surface area contributed by atoms with E-state index < -0.39 is 0 Å². The van der Waals surface area contributed by atoms with Crippen molar-refractivity contribution in [1.82, 2.24) is 15.1 Å². The average Bonchev–Trinajstić information content (AvgIpc) is 2.85. The minimum Gasteiger partial charge on any atom is -0.345 e. The molecule has 0 fully saturated rings. The molecular formula is C19H24N4O2. The van der Waals surface area contributed by atoms with Gasteiger partial charge in [-0.3, -0.25) is 14.3 Å². The molecule has 0 aliphatic carbocycles. The summed E-state index contributed by atoms with van der Waals surface area (Å²) in [6, 6.07) is 6.73. The van der Waals surface area contributed by atoms with Gasteiger partial charge in [-0.05, 0) is 51.1 Å². The molecule has 0 saturated heterocycles. The van der Waals surface area contributed by atoms with Crippen molar-refractivity contribution in [1.29, 1.82) is 0 Å². The number of amides is 2. The van der Waals surface area contributed by atoms with Gasteiger partial charge in [0.05, 0.1) is 11.7 Å². The first kappa shape index (κ1) is 18.4. The third kappa shape index (κ3) is 3.79. The fourth-order valence-corrected chi connectivity index (χ4v) is 2.87. The van der Waals surface area contributed by atoms with E-state index in [1.165, 1.54) is 11.0 Å². The molecule has 0 bridgehead atoms. The highest BCUT2D eigenvalue weighted by atomic mass is 16.2. The van der Waals surface area contributed by atoms with Crippen LogP contribution in [0, 0.1) is 13.8 Å². The quantitative estimate of drug-likeness (QED) is 0.851. The lowest BCUT2D eigenvalue weighted by atomic mass is 10.1. The highest BCUT2D eigenvalue weighted by Crippen LogP contribution is 2.21. The number of anilines is 1. The summed E-state index contributed by atoms with van der Waals surface area (Å²) in [5.74, 6) is -0.368. The molecule has 1 heterocycles. The number of rotatable bonds is 5. The predicted octanol–water partition coefficient (Wildman–Crippen LogP) is 2.68. The van der Waals surface area contributed by atoms with Crippen molar-refractivity contribution in [2.24, 2.45) is 7.05 Å². The maximum atomic E-state index is 12.5. The van der Waals surface area contributed by atoms with Gasteiger partial charge in [-0.15, -0.1) is 0 Å². The third-order valence-corrected chi connectivity index (χ3v) is 4.37. The number of carbonyl (C=O) groups is 2.